The summed E-state index contributed by atoms with van der Waals surface area (Å²) in [6.07, 6.45) is 2.45. The molecule has 2 aromatic rings. The Morgan fingerprint density at radius 3 is 2.58 bits per heavy atom. The van der Waals surface area contributed by atoms with Crippen LogP contribution in [-0.2, 0) is 13.0 Å². The van der Waals surface area contributed by atoms with Crippen LogP contribution in [0.15, 0.2) is 42.6 Å². The Morgan fingerprint density at radius 2 is 1.95 bits per heavy atom. The molecule has 0 aliphatic rings. The normalized spacial score (nSPS) is 10.3. The number of ether oxygens (including phenoxy) is 1. The Hall–Kier alpha value is -2.07. The first-order chi connectivity index (χ1) is 9.26. The second-order valence-electron chi connectivity index (χ2n) is 4.21. The third-order valence-corrected chi connectivity index (χ3v) is 2.95. The second-order valence-corrected chi connectivity index (χ2v) is 4.21. The van der Waals surface area contributed by atoms with E-state index in [4.69, 9.17) is 4.74 Å². The fraction of sp³-hybridized carbons (Fsp3) is 0.267. The number of nitrogens with zero attached hydrogens (tertiary/aromatic N) is 2. The predicted molar refractivity (Wildman–Crippen MR) is 74.6 cm³/mol. The summed E-state index contributed by atoms with van der Waals surface area (Å²) in [5, 5.41) is 11.4. The van der Waals surface area contributed by atoms with E-state index in [9.17, 15) is 5.21 Å². The van der Waals surface area contributed by atoms with Crippen LogP contribution >= 0.6 is 0 Å². The molecule has 0 bridgehead atoms. The summed E-state index contributed by atoms with van der Waals surface area (Å²) in [5.74, 6) is 0.628. The predicted octanol–water partition coefficient (Wildman–Crippen LogP) is 3.05. The molecule has 0 radical (unpaired) electrons. The molecular formula is C15H18N2O2. The van der Waals surface area contributed by atoms with Gasteiger partial charge in [-0.2, -0.15) is 0 Å². The van der Waals surface area contributed by atoms with Crippen molar-refractivity contribution in [2.24, 2.45) is 0 Å². The topological polar surface area (TPSA) is 45.6 Å². The number of rotatable bonds is 5. The minimum absolute atomic E-state index is 0.407. The molecule has 1 N–H and O–H groups in total. The molecule has 0 spiro atoms. The van der Waals surface area contributed by atoms with E-state index in [1.807, 2.05) is 37.3 Å². The third-order valence-electron chi connectivity index (χ3n) is 2.95. The molecule has 1 aromatic heterocycles. The van der Waals surface area contributed by atoms with Gasteiger partial charge in [-0.05, 0) is 18.1 Å². The van der Waals surface area contributed by atoms with Crippen molar-refractivity contribution >= 4 is 5.69 Å². The van der Waals surface area contributed by atoms with E-state index >= 15 is 0 Å². The van der Waals surface area contributed by atoms with Gasteiger partial charge < -0.3 is 4.74 Å². The zero-order valence-corrected chi connectivity index (χ0v) is 11.2. The number of benzene rings is 1. The van der Waals surface area contributed by atoms with Crippen molar-refractivity contribution in [3.8, 4) is 5.75 Å². The van der Waals surface area contributed by atoms with Gasteiger partial charge in [-0.25, -0.2) is 5.06 Å². The number of hydrogen-bond acceptors (Lipinski definition) is 4. The van der Waals surface area contributed by atoms with Crippen molar-refractivity contribution in [2.45, 2.75) is 19.9 Å². The van der Waals surface area contributed by atoms with Crippen LogP contribution in [0.5, 0.6) is 5.75 Å². The molecule has 0 amide bonds. The summed E-state index contributed by atoms with van der Waals surface area (Å²) in [4.78, 5) is 4.26. The van der Waals surface area contributed by atoms with Crippen LogP contribution in [0, 0.1) is 0 Å². The SMILES string of the molecule is CCc1nccc(N(O)Cc2ccccc2)c1OC. The van der Waals surface area contributed by atoms with Crippen LogP contribution < -0.4 is 9.80 Å². The number of aryl methyl sites for hydroxylation is 1. The van der Waals surface area contributed by atoms with Gasteiger partial charge in [-0.1, -0.05) is 37.3 Å². The van der Waals surface area contributed by atoms with Crippen LogP contribution in [-0.4, -0.2) is 17.3 Å². The second kappa shape index (κ2) is 6.20. The van der Waals surface area contributed by atoms with Gasteiger partial charge >= 0.3 is 0 Å². The highest BCUT2D eigenvalue weighted by Crippen LogP contribution is 2.30. The largest absolute Gasteiger partial charge is 0.493 e. The van der Waals surface area contributed by atoms with E-state index in [1.54, 1.807) is 19.4 Å². The molecule has 0 saturated carbocycles. The molecule has 0 saturated heterocycles. The standard InChI is InChI=1S/C15H18N2O2/c1-3-13-15(19-2)14(9-10-16-13)17(18)11-12-7-5-4-6-8-12/h4-10,18H,3,11H2,1-2H3. The zero-order valence-electron chi connectivity index (χ0n) is 11.2. The van der Waals surface area contributed by atoms with Crippen molar-refractivity contribution in [1.82, 2.24) is 4.98 Å². The van der Waals surface area contributed by atoms with Gasteiger partial charge in [-0.3, -0.25) is 10.2 Å². The van der Waals surface area contributed by atoms with Crippen molar-refractivity contribution in [1.29, 1.82) is 0 Å². The highest BCUT2D eigenvalue weighted by molar-refractivity contribution is 5.58. The molecular weight excluding hydrogens is 240 g/mol. The highest BCUT2D eigenvalue weighted by atomic mass is 16.5. The summed E-state index contributed by atoms with van der Waals surface area (Å²) in [6, 6.07) is 11.5. The molecule has 0 aliphatic carbocycles. The quantitative estimate of drug-likeness (QED) is 0.837. The van der Waals surface area contributed by atoms with Gasteiger partial charge in [0, 0.05) is 6.20 Å². The van der Waals surface area contributed by atoms with Gasteiger partial charge in [0.1, 0.15) is 5.69 Å². The maximum atomic E-state index is 10.2. The molecule has 1 aromatic carbocycles. The Morgan fingerprint density at radius 1 is 1.21 bits per heavy atom. The van der Waals surface area contributed by atoms with Gasteiger partial charge in [-0.15, -0.1) is 0 Å². The van der Waals surface area contributed by atoms with Crippen molar-refractivity contribution in [3.05, 3.63) is 53.9 Å². The molecule has 0 atom stereocenters. The lowest BCUT2D eigenvalue weighted by Crippen LogP contribution is -2.18. The molecule has 4 heteroatoms. The first kappa shape index (κ1) is 13.4. The molecule has 0 fully saturated rings. The van der Waals surface area contributed by atoms with Crippen LogP contribution in [0.25, 0.3) is 0 Å². The van der Waals surface area contributed by atoms with Gasteiger partial charge in [0.05, 0.1) is 19.3 Å². The van der Waals surface area contributed by atoms with Crippen molar-refractivity contribution in [3.63, 3.8) is 0 Å². The average molecular weight is 258 g/mol. The van der Waals surface area contributed by atoms with Crippen LogP contribution in [0.4, 0.5) is 5.69 Å². The minimum atomic E-state index is 0.407. The molecule has 19 heavy (non-hydrogen) atoms. The summed E-state index contributed by atoms with van der Waals surface area (Å²) in [6.45, 7) is 2.41. The first-order valence-electron chi connectivity index (χ1n) is 6.28. The maximum absolute atomic E-state index is 10.2. The Labute approximate surface area is 113 Å². The number of methoxy groups -OCH3 is 1. The minimum Gasteiger partial charge on any atom is -0.493 e. The summed E-state index contributed by atoms with van der Waals surface area (Å²) < 4.78 is 5.36. The smallest absolute Gasteiger partial charge is 0.165 e. The highest BCUT2D eigenvalue weighted by Gasteiger charge is 2.14. The maximum Gasteiger partial charge on any atom is 0.165 e. The van der Waals surface area contributed by atoms with E-state index in [0.29, 0.717) is 18.0 Å². The summed E-state index contributed by atoms with van der Waals surface area (Å²) in [5.41, 5.74) is 2.51. The van der Waals surface area contributed by atoms with Crippen LogP contribution in [0.1, 0.15) is 18.2 Å². The van der Waals surface area contributed by atoms with Crippen LogP contribution in [0.3, 0.4) is 0 Å². The van der Waals surface area contributed by atoms with Crippen molar-refractivity contribution in [2.75, 3.05) is 12.2 Å². The average Bonchev–Trinajstić information content (AvgIpc) is 2.47. The monoisotopic (exact) mass is 258 g/mol. The Bertz CT molecular complexity index is 529. The molecule has 100 valence electrons. The molecule has 2 rings (SSSR count). The number of aromatic nitrogens is 1. The van der Waals surface area contributed by atoms with Gasteiger partial charge in [0.15, 0.2) is 5.75 Å². The summed E-state index contributed by atoms with van der Waals surface area (Å²) >= 11 is 0. The Balaban J connectivity index is 2.26. The molecule has 0 aliphatic heterocycles. The van der Waals surface area contributed by atoms with Gasteiger partial charge in [0.25, 0.3) is 0 Å². The molecule has 0 unspecified atom stereocenters. The first-order valence-corrected chi connectivity index (χ1v) is 6.28. The number of pyridine rings is 1. The van der Waals surface area contributed by atoms with Crippen molar-refractivity contribution < 1.29 is 9.94 Å². The lowest BCUT2D eigenvalue weighted by Gasteiger charge is -2.20. The fourth-order valence-electron chi connectivity index (χ4n) is 2.00. The molecule has 1 heterocycles. The fourth-order valence-corrected chi connectivity index (χ4v) is 2.00. The Kier molecular flexibility index (Phi) is 4.36. The third kappa shape index (κ3) is 3.03. The number of hydrogen-bond donors (Lipinski definition) is 1. The zero-order chi connectivity index (χ0) is 13.7. The lowest BCUT2D eigenvalue weighted by molar-refractivity contribution is 0.245. The van der Waals surface area contributed by atoms with Crippen LogP contribution in [0.2, 0.25) is 0 Å². The van der Waals surface area contributed by atoms with E-state index in [1.165, 1.54) is 5.06 Å². The van der Waals surface area contributed by atoms with E-state index in [2.05, 4.69) is 4.98 Å². The number of anilines is 1. The lowest BCUT2D eigenvalue weighted by atomic mass is 10.2. The number of hydroxylamine groups is 1. The van der Waals surface area contributed by atoms with E-state index in [0.717, 1.165) is 17.7 Å². The van der Waals surface area contributed by atoms with Gasteiger partial charge in [0.2, 0.25) is 0 Å². The molecule has 4 nitrogen and oxygen atoms in total. The van der Waals surface area contributed by atoms with E-state index in [-0.39, 0.29) is 0 Å². The summed E-state index contributed by atoms with van der Waals surface area (Å²) in [7, 11) is 1.59. The van der Waals surface area contributed by atoms with E-state index < -0.39 is 0 Å².